The first-order valence-corrected chi connectivity index (χ1v) is 12.0. The number of anilines is 2. The summed E-state index contributed by atoms with van der Waals surface area (Å²) < 4.78 is 6.14. The lowest BCUT2D eigenvalue weighted by Crippen LogP contribution is -2.47. The van der Waals surface area contributed by atoms with Gasteiger partial charge in [-0.05, 0) is 17.5 Å². The van der Waals surface area contributed by atoms with Gasteiger partial charge in [-0.25, -0.2) is 4.98 Å². The van der Waals surface area contributed by atoms with Crippen molar-refractivity contribution in [2.75, 3.05) is 16.0 Å². The molecule has 1 atom stereocenters. The standard InChI is InChI=1S/C24H15N3O3S2/c28-19-12-31-24(16-7-3-4-8-17(16)25-22(24)29)27(19)23-26-20-15-10-9-13-5-1-2-6-14(13)21(15)30-11-18(20)32-23/h1-10H,11-12H2,(H,25,29). The Balaban J connectivity index is 1.40. The second-order valence-electron chi connectivity index (χ2n) is 7.88. The van der Waals surface area contributed by atoms with Crippen LogP contribution in [-0.4, -0.2) is 22.6 Å². The molecule has 156 valence electrons. The molecule has 0 saturated carbocycles. The fourth-order valence-corrected chi connectivity index (χ4v) is 7.17. The molecule has 0 aliphatic carbocycles. The molecular weight excluding hydrogens is 442 g/mol. The van der Waals surface area contributed by atoms with Gasteiger partial charge >= 0.3 is 0 Å². The number of thioether (sulfide) groups is 1. The highest BCUT2D eigenvalue weighted by Gasteiger charge is 2.59. The number of amides is 2. The number of ether oxygens (including phenoxy) is 1. The Morgan fingerprint density at radius 1 is 1.03 bits per heavy atom. The van der Waals surface area contributed by atoms with E-state index in [9.17, 15) is 9.59 Å². The van der Waals surface area contributed by atoms with Gasteiger partial charge in [0.05, 0.1) is 16.3 Å². The second kappa shape index (κ2) is 6.34. The number of carbonyl (C=O) groups is 2. The number of benzene rings is 3. The summed E-state index contributed by atoms with van der Waals surface area (Å²) >= 11 is 2.77. The van der Waals surface area contributed by atoms with Crippen LogP contribution >= 0.6 is 23.1 Å². The molecule has 3 aromatic carbocycles. The van der Waals surface area contributed by atoms with Gasteiger partial charge in [0.2, 0.25) is 10.8 Å². The van der Waals surface area contributed by atoms with Crippen LogP contribution in [0.4, 0.5) is 10.8 Å². The van der Waals surface area contributed by atoms with Crippen molar-refractivity contribution in [3.8, 4) is 17.0 Å². The maximum atomic E-state index is 13.2. The summed E-state index contributed by atoms with van der Waals surface area (Å²) in [6.07, 6.45) is 0. The van der Waals surface area contributed by atoms with E-state index >= 15 is 0 Å². The number of aromatic nitrogens is 1. The quantitative estimate of drug-likeness (QED) is 0.447. The number of hydrogen-bond acceptors (Lipinski definition) is 6. The molecular formula is C24H15N3O3S2. The van der Waals surface area contributed by atoms with Crippen LogP contribution in [0.15, 0.2) is 60.7 Å². The lowest BCUT2D eigenvalue weighted by atomic mass is 10.0. The van der Waals surface area contributed by atoms with Crippen LogP contribution in [0.1, 0.15) is 10.4 Å². The maximum Gasteiger partial charge on any atom is 0.266 e. The predicted molar refractivity (Wildman–Crippen MR) is 126 cm³/mol. The lowest BCUT2D eigenvalue weighted by Gasteiger charge is -2.30. The van der Waals surface area contributed by atoms with Gasteiger partial charge < -0.3 is 10.1 Å². The van der Waals surface area contributed by atoms with E-state index in [-0.39, 0.29) is 17.6 Å². The van der Waals surface area contributed by atoms with Gasteiger partial charge in [-0.15, -0.1) is 11.8 Å². The minimum Gasteiger partial charge on any atom is -0.487 e. The molecule has 0 radical (unpaired) electrons. The van der Waals surface area contributed by atoms with Crippen LogP contribution in [-0.2, 0) is 21.1 Å². The fraction of sp³-hybridized carbons (Fsp3) is 0.125. The van der Waals surface area contributed by atoms with E-state index in [1.165, 1.54) is 23.1 Å². The third kappa shape index (κ3) is 2.23. The van der Waals surface area contributed by atoms with Gasteiger partial charge in [-0.1, -0.05) is 59.9 Å². The normalized spacial score (nSPS) is 20.8. The highest BCUT2D eigenvalue weighted by atomic mass is 32.2. The van der Waals surface area contributed by atoms with E-state index in [0.29, 0.717) is 11.7 Å². The molecule has 1 aromatic heterocycles. The van der Waals surface area contributed by atoms with Crippen LogP contribution in [0, 0.1) is 0 Å². The number of fused-ring (bicyclic) bond motifs is 7. The number of hydrogen-bond donors (Lipinski definition) is 1. The molecule has 32 heavy (non-hydrogen) atoms. The minimum absolute atomic E-state index is 0.118. The van der Waals surface area contributed by atoms with E-state index in [4.69, 9.17) is 9.72 Å². The first-order valence-electron chi connectivity index (χ1n) is 10.2. The zero-order valence-electron chi connectivity index (χ0n) is 16.6. The molecule has 4 aromatic rings. The smallest absolute Gasteiger partial charge is 0.266 e. The van der Waals surface area contributed by atoms with Crippen molar-refractivity contribution in [1.82, 2.24) is 4.98 Å². The van der Waals surface area contributed by atoms with E-state index in [0.717, 1.165) is 43.9 Å². The number of thiazole rings is 1. The third-order valence-electron chi connectivity index (χ3n) is 6.18. The molecule has 1 fully saturated rings. The summed E-state index contributed by atoms with van der Waals surface area (Å²) in [5.74, 6) is 0.718. The summed E-state index contributed by atoms with van der Waals surface area (Å²) in [5, 5.41) is 5.62. The monoisotopic (exact) mass is 457 g/mol. The van der Waals surface area contributed by atoms with Crippen molar-refractivity contribution in [3.05, 3.63) is 71.1 Å². The zero-order chi connectivity index (χ0) is 21.4. The Labute approximate surface area is 191 Å². The molecule has 4 heterocycles. The Morgan fingerprint density at radius 2 is 1.88 bits per heavy atom. The molecule has 3 aliphatic rings. The van der Waals surface area contributed by atoms with Gasteiger partial charge in [0.15, 0.2) is 5.13 Å². The molecule has 1 N–H and O–H groups in total. The van der Waals surface area contributed by atoms with Gasteiger partial charge in [0.1, 0.15) is 12.4 Å². The molecule has 7 rings (SSSR count). The number of carbonyl (C=O) groups excluding carboxylic acids is 2. The number of nitrogens with zero attached hydrogens (tertiary/aromatic N) is 2. The van der Waals surface area contributed by atoms with Crippen molar-refractivity contribution >= 4 is 56.5 Å². The average Bonchev–Trinajstić information content (AvgIpc) is 3.48. The first kappa shape index (κ1) is 18.2. The largest absolute Gasteiger partial charge is 0.487 e. The molecule has 1 spiro atoms. The molecule has 1 saturated heterocycles. The Kier molecular flexibility index (Phi) is 3.61. The molecule has 3 aliphatic heterocycles. The van der Waals surface area contributed by atoms with Crippen molar-refractivity contribution in [3.63, 3.8) is 0 Å². The number of nitrogens with one attached hydrogen (secondary N) is 1. The van der Waals surface area contributed by atoms with E-state index in [1.807, 2.05) is 48.5 Å². The lowest BCUT2D eigenvalue weighted by molar-refractivity contribution is -0.122. The number of rotatable bonds is 1. The highest BCUT2D eigenvalue weighted by molar-refractivity contribution is 8.02. The predicted octanol–water partition coefficient (Wildman–Crippen LogP) is 4.74. The van der Waals surface area contributed by atoms with Crippen molar-refractivity contribution in [2.45, 2.75) is 11.5 Å². The molecule has 6 nitrogen and oxygen atoms in total. The van der Waals surface area contributed by atoms with Crippen molar-refractivity contribution in [1.29, 1.82) is 0 Å². The summed E-state index contributed by atoms with van der Waals surface area (Å²) in [6.45, 7) is 0.388. The average molecular weight is 458 g/mol. The molecule has 0 bridgehead atoms. The molecule has 8 heteroatoms. The van der Waals surface area contributed by atoms with Crippen LogP contribution in [0.2, 0.25) is 0 Å². The fourth-order valence-electron chi connectivity index (χ4n) is 4.76. The van der Waals surface area contributed by atoms with E-state index in [2.05, 4.69) is 17.4 Å². The summed E-state index contributed by atoms with van der Waals surface area (Å²) in [5.41, 5.74) is 3.28. The van der Waals surface area contributed by atoms with E-state index < -0.39 is 4.87 Å². The van der Waals surface area contributed by atoms with Gasteiger partial charge in [-0.3, -0.25) is 14.5 Å². The maximum absolute atomic E-state index is 13.2. The summed E-state index contributed by atoms with van der Waals surface area (Å²) in [4.78, 5) is 32.6. The minimum atomic E-state index is -1.12. The van der Waals surface area contributed by atoms with E-state index in [1.54, 1.807) is 4.90 Å². The number of para-hydroxylation sites is 1. The second-order valence-corrected chi connectivity index (χ2v) is 10.1. The molecule has 2 amide bonds. The Morgan fingerprint density at radius 3 is 2.81 bits per heavy atom. The van der Waals surface area contributed by atoms with Gasteiger partial charge in [-0.2, -0.15) is 0 Å². The molecule has 1 unspecified atom stereocenters. The topological polar surface area (TPSA) is 71.5 Å². The SMILES string of the molecule is O=C1CSC2(C(=O)Nc3ccccc32)N1c1nc2c(s1)COc1c-2ccc2ccccc12. The third-order valence-corrected chi connectivity index (χ3v) is 8.59. The highest BCUT2D eigenvalue weighted by Crippen LogP contribution is 2.55. The van der Waals surface area contributed by atoms with Crippen LogP contribution in [0.25, 0.3) is 22.0 Å². The van der Waals surface area contributed by atoms with Gasteiger partial charge in [0.25, 0.3) is 5.91 Å². The van der Waals surface area contributed by atoms with Crippen LogP contribution < -0.4 is 15.0 Å². The Bertz CT molecular complexity index is 1480. The van der Waals surface area contributed by atoms with Gasteiger partial charge in [0, 0.05) is 22.2 Å². The van der Waals surface area contributed by atoms with Crippen LogP contribution in [0.5, 0.6) is 5.75 Å². The summed E-state index contributed by atoms with van der Waals surface area (Å²) in [7, 11) is 0. The Hall–Kier alpha value is -3.36. The van der Waals surface area contributed by atoms with Crippen molar-refractivity contribution in [2.24, 2.45) is 0 Å². The first-order chi connectivity index (χ1) is 15.7. The zero-order valence-corrected chi connectivity index (χ0v) is 18.3. The summed E-state index contributed by atoms with van der Waals surface area (Å²) in [6, 6.07) is 19.7. The van der Waals surface area contributed by atoms with Crippen LogP contribution in [0.3, 0.4) is 0 Å². The van der Waals surface area contributed by atoms with Crippen molar-refractivity contribution < 1.29 is 14.3 Å².